The number of Topliss-reactive ketones (excluding diaryl/α,β-unsaturated/α-hetero) is 1. The first-order chi connectivity index (χ1) is 18.4. The highest BCUT2D eigenvalue weighted by Crippen LogP contribution is 2.43. The SMILES string of the molecule is Cc1c(F)cccc1[C@@H]1[C@@H](C(=O)N2CCC[C@H]2C(F)(F)F)CN(CCN(C)C)C[C@H]1C(=O)c1cccc(O)c1. The number of rotatable bonds is 7. The van der Waals surface area contributed by atoms with Crippen LogP contribution in [0.4, 0.5) is 17.6 Å². The van der Waals surface area contributed by atoms with Crippen LogP contribution in [0, 0.1) is 24.6 Å². The standard InChI is InChI=1S/C29H35F4N3O3/c1-18-21(9-5-10-24(18)30)26-22(27(38)19-7-4-8-20(37)15-19)16-35(14-13-34(2)3)17-23(26)28(39)36-12-6-11-25(36)29(31,32)33/h4-5,7-10,15,22-23,25-26,37H,6,11-14,16-17H2,1-3H3/t22-,23+,25+,26+/m1/s1. The van der Waals surface area contributed by atoms with E-state index in [1.165, 1.54) is 24.3 Å². The number of phenolic OH excluding ortho intramolecular Hbond substituents is 1. The van der Waals surface area contributed by atoms with Crippen molar-refractivity contribution in [3.05, 3.63) is 65.0 Å². The maximum atomic E-state index is 14.8. The second-order valence-electron chi connectivity index (χ2n) is 10.9. The molecular formula is C29H35F4N3O3. The van der Waals surface area contributed by atoms with E-state index >= 15 is 0 Å². The number of halogens is 4. The number of hydrogen-bond donors (Lipinski definition) is 1. The second-order valence-corrected chi connectivity index (χ2v) is 10.9. The fraction of sp³-hybridized carbons (Fsp3) is 0.517. The Labute approximate surface area is 226 Å². The van der Waals surface area contributed by atoms with Crippen LogP contribution in [0.5, 0.6) is 5.75 Å². The fourth-order valence-electron chi connectivity index (χ4n) is 6.02. The van der Waals surface area contributed by atoms with Gasteiger partial charge >= 0.3 is 6.18 Å². The summed E-state index contributed by atoms with van der Waals surface area (Å²) in [6.07, 6.45) is -4.49. The van der Waals surface area contributed by atoms with Crippen LogP contribution >= 0.6 is 0 Å². The third kappa shape index (κ3) is 6.27. The molecular weight excluding hydrogens is 514 g/mol. The Hall–Kier alpha value is -2.98. The Balaban J connectivity index is 1.82. The Morgan fingerprint density at radius 2 is 1.77 bits per heavy atom. The molecule has 2 aliphatic heterocycles. The van der Waals surface area contributed by atoms with E-state index in [1.807, 2.05) is 23.9 Å². The van der Waals surface area contributed by atoms with Gasteiger partial charge in [0.25, 0.3) is 0 Å². The average Bonchev–Trinajstić information content (AvgIpc) is 3.39. The first kappa shape index (κ1) is 29.0. The van der Waals surface area contributed by atoms with Crippen LogP contribution in [0.1, 0.15) is 40.2 Å². The lowest BCUT2D eigenvalue weighted by molar-refractivity contribution is -0.185. The molecule has 0 unspecified atom stereocenters. The third-order valence-electron chi connectivity index (χ3n) is 8.01. The molecule has 39 heavy (non-hydrogen) atoms. The Morgan fingerprint density at radius 1 is 1.08 bits per heavy atom. The van der Waals surface area contributed by atoms with Gasteiger partial charge < -0.3 is 19.8 Å². The van der Waals surface area contributed by atoms with Crippen molar-refractivity contribution >= 4 is 11.7 Å². The molecule has 2 fully saturated rings. The number of carbonyl (C=O) groups is 2. The minimum Gasteiger partial charge on any atom is -0.508 e. The van der Waals surface area contributed by atoms with Crippen LogP contribution in [0.3, 0.4) is 0 Å². The highest BCUT2D eigenvalue weighted by atomic mass is 19.4. The number of carbonyl (C=O) groups excluding carboxylic acids is 2. The minimum absolute atomic E-state index is 0.0166. The number of likely N-dealkylation sites (N-methyl/N-ethyl adjacent to an activating group) is 1. The van der Waals surface area contributed by atoms with Crippen molar-refractivity contribution in [2.45, 2.75) is 37.9 Å². The van der Waals surface area contributed by atoms with Gasteiger partial charge in [-0.3, -0.25) is 9.59 Å². The van der Waals surface area contributed by atoms with Gasteiger partial charge in [0, 0.05) is 50.1 Å². The van der Waals surface area contributed by atoms with Gasteiger partial charge in [0.2, 0.25) is 5.91 Å². The number of likely N-dealkylation sites (tertiary alicyclic amines) is 2. The van der Waals surface area contributed by atoms with E-state index in [0.717, 1.165) is 4.90 Å². The molecule has 4 atom stereocenters. The lowest BCUT2D eigenvalue weighted by Crippen LogP contribution is -2.56. The number of hydrogen-bond acceptors (Lipinski definition) is 5. The molecule has 4 rings (SSSR count). The first-order valence-corrected chi connectivity index (χ1v) is 13.2. The van der Waals surface area contributed by atoms with Crippen LogP contribution in [0.15, 0.2) is 42.5 Å². The summed E-state index contributed by atoms with van der Waals surface area (Å²) in [7, 11) is 3.78. The molecule has 2 aliphatic rings. The normalized spacial score (nSPS) is 24.4. The molecule has 10 heteroatoms. The van der Waals surface area contributed by atoms with Gasteiger partial charge in [0.05, 0.1) is 5.92 Å². The van der Waals surface area contributed by atoms with Gasteiger partial charge in [-0.05, 0) is 63.2 Å². The van der Waals surface area contributed by atoms with Gasteiger partial charge in [-0.25, -0.2) is 4.39 Å². The smallest absolute Gasteiger partial charge is 0.408 e. The average molecular weight is 550 g/mol. The molecule has 0 saturated carbocycles. The van der Waals surface area contributed by atoms with Crippen molar-refractivity contribution in [1.82, 2.24) is 14.7 Å². The Kier molecular flexibility index (Phi) is 8.66. The molecule has 0 radical (unpaired) electrons. The summed E-state index contributed by atoms with van der Waals surface area (Å²) in [6.45, 7) is 3.06. The summed E-state index contributed by atoms with van der Waals surface area (Å²) in [5, 5.41) is 10.0. The molecule has 2 aromatic rings. The number of piperidine rings is 1. The summed E-state index contributed by atoms with van der Waals surface area (Å²) in [6, 6.07) is 8.45. The third-order valence-corrected chi connectivity index (χ3v) is 8.01. The summed E-state index contributed by atoms with van der Waals surface area (Å²) in [5.74, 6) is -4.29. The largest absolute Gasteiger partial charge is 0.508 e. The van der Waals surface area contributed by atoms with Gasteiger partial charge in [0.1, 0.15) is 17.6 Å². The number of amides is 1. The molecule has 2 aromatic carbocycles. The van der Waals surface area contributed by atoms with E-state index in [-0.39, 0.29) is 55.1 Å². The van der Waals surface area contributed by atoms with Crippen LogP contribution in [0.2, 0.25) is 0 Å². The molecule has 212 valence electrons. The molecule has 1 amide bonds. The summed E-state index contributed by atoms with van der Waals surface area (Å²) < 4.78 is 56.5. The number of nitrogens with zero attached hydrogens (tertiary/aromatic N) is 3. The number of aromatic hydroxyl groups is 1. The Morgan fingerprint density at radius 3 is 2.44 bits per heavy atom. The van der Waals surface area contributed by atoms with E-state index in [1.54, 1.807) is 25.1 Å². The van der Waals surface area contributed by atoms with E-state index < -0.39 is 41.7 Å². The Bertz CT molecular complexity index is 1200. The molecule has 0 aliphatic carbocycles. The molecule has 0 spiro atoms. The van der Waals surface area contributed by atoms with Crippen LogP contribution < -0.4 is 0 Å². The van der Waals surface area contributed by atoms with Crippen molar-refractivity contribution in [1.29, 1.82) is 0 Å². The monoisotopic (exact) mass is 549 g/mol. The molecule has 0 bridgehead atoms. The lowest BCUT2D eigenvalue weighted by Gasteiger charge is -2.45. The topological polar surface area (TPSA) is 64.1 Å². The van der Waals surface area contributed by atoms with Gasteiger partial charge in [-0.2, -0.15) is 13.2 Å². The van der Waals surface area contributed by atoms with Crippen molar-refractivity contribution in [2.75, 3.05) is 46.8 Å². The molecule has 2 saturated heterocycles. The van der Waals surface area contributed by atoms with Crippen molar-refractivity contribution in [2.24, 2.45) is 11.8 Å². The van der Waals surface area contributed by atoms with Crippen LogP contribution in [0.25, 0.3) is 0 Å². The molecule has 0 aromatic heterocycles. The van der Waals surface area contributed by atoms with Crippen molar-refractivity contribution < 1.29 is 32.3 Å². The van der Waals surface area contributed by atoms with Gasteiger partial charge in [-0.1, -0.05) is 24.3 Å². The summed E-state index contributed by atoms with van der Waals surface area (Å²) in [5.41, 5.74) is 0.945. The maximum absolute atomic E-state index is 14.8. The quantitative estimate of drug-likeness (QED) is 0.408. The zero-order valence-electron chi connectivity index (χ0n) is 22.4. The second kappa shape index (κ2) is 11.6. The highest BCUT2D eigenvalue weighted by molar-refractivity contribution is 5.99. The van der Waals surface area contributed by atoms with Crippen molar-refractivity contribution in [3.63, 3.8) is 0 Å². The van der Waals surface area contributed by atoms with Crippen LogP contribution in [-0.4, -0.2) is 90.5 Å². The van der Waals surface area contributed by atoms with Gasteiger partial charge in [-0.15, -0.1) is 0 Å². The minimum atomic E-state index is -4.56. The lowest BCUT2D eigenvalue weighted by atomic mass is 9.69. The number of alkyl halides is 3. The number of ketones is 1. The first-order valence-electron chi connectivity index (χ1n) is 13.2. The predicted molar refractivity (Wildman–Crippen MR) is 139 cm³/mol. The van der Waals surface area contributed by atoms with Crippen molar-refractivity contribution in [3.8, 4) is 5.75 Å². The van der Waals surface area contributed by atoms with E-state index in [2.05, 4.69) is 0 Å². The van der Waals surface area contributed by atoms with E-state index in [0.29, 0.717) is 18.7 Å². The fourth-order valence-corrected chi connectivity index (χ4v) is 6.02. The summed E-state index contributed by atoms with van der Waals surface area (Å²) in [4.78, 5) is 32.8. The van der Waals surface area contributed by atoms with Crippen LogP contribution in [-0.2, 0) is 4.79 Å². The van der Waals surface area contributed by atoms with E-state index in [9.17, 15) is 32.3 Å². The molecule has 6 nitrogen and oxygen atoms in total. The zero-order valence-corrected chi connectivity index (χ0v) is 22.4. The maximum Gasteiger partial charge on any atom is 0.408 e. The van der Waals surface area contributed by atoms with E-state index in [4.69, 9.17) is 0 Å². The molecule has 2 heterocycles. The molecule has 1 N–H and O–H groups in total. The number of phenols is 1. The predicted octanol–water partition coefficient (Wildman–Crippen LogP) is 4.47. The zero-order chi connectivity index (χ0) is 28.5. The highest BCUT2D eigenvalue weighted by Gasteiger charge is 2.52. The summed E-state index contributed by atoms with van der Waals surface area (Å²) >= 11 is 0. The van der Waals surface area contributed by atoms with Gasteiger partial charge in [0.15, 0.2) is 5.78 Å². The number of benzene rings is 2.